The van der Waals surface area contributed by atoms with Gasteiger partial charge < -0.3 is 11.1 Å². The molecular weight excluding hydrogens is 359 g/mol. The molecule has 144 valence electrons. The van der Waals surface area contributed by atoms with Gasteiger partial charge in [0, 0.05) is 36.1 Å². The topological polar surface area (TPSA) is 98.7 Å². The lowest BCUT2D eigenvalue weighted by molar-refractivity contribution is 0.409. The zero-order valence-electron chi connectivity index (χ0n) is 15.3. The molecule has 3 N–H and O–H groups in total. The molecule has 1 aliphatic carbocycles. The molecule has 4 rings (SSSR count). The van der Waals surface area contributed by atoms with E-state index in [0.717, 1.165) is 31.9 Å². The molecule has 3 heterocycles. The van der Waals surface area contributed by atoms with Gasteiger partial charge in [-0.05, 0) is 43.9 Å². The third kappa shape index (κ3) is 3.91. The monoisotopic (exact) mass is 380 g/mol. The van der Waals surface area contributed by atoms with Crippen molar-refractivity contribution in [2.75, 3.05) is 5.32 Å². The van der Waals surface area contributed by atoms with Gasteiger partial charge in [-0.1, -0.05) is 6.07 Å². The van der Waals surface area contributed by atoms with Crippen molar-refractivity contribution in [1.29, 1.82) is 0 Å². The molecule has 8 heteroatoms. The highest BCUT2D eigenvalue weighted by Gasteiger charge is 2.20. The molecule has 0 unspecified atom stereocenters. The van der Waals surface area contributed by atoms with Gasteiger partial charge in [-0.2, -0.15) is 0 Å². The normalized spacial score (nSPS) is 19.4. The largest absolute Gasteiger partial charge is 0.351 e. The summed E-state index contributed by atoms with van der Waals surface area (Å²) in [6.45, 7) is 0. The van der Waals surface area contributed by atoms with Crippen LogP contribution in [0.3, 0.4) is 0 Å². The lowest BCUT2D eigenvalue weighted by atomic mass is 9.92. The molecular formula is C20H21FN6O. The molecule has 0 aromatic carbocycles. The Bertz CT molecular complexity index is 1030. The number of halogens is 1. The van der Waals surface area contributed by atoms with E-state index >= 15 is 0 Å². The van der Waals surface area contributed by atoms with Gasteiger partial charge in [0.25, 0.3) is 5.56 Å². The standard InChI is InChI=1S/C20H21FN6O/c21-16-12-24-20(25-15-6-4-14(22)5-7-15)26-19(16)13-8-9-23-17(11-13)27-10-2-1-3-18(27)28/h1-3,8-12,14-15H,4-7,22H2,(H,24,25,26)/t14-,15-. The van der Waals surface area contributed by atoms with Crippen LogP contribution >= 0.6 is 0 Å². The number of pyridine rings is 2. The molecule has 3 aromatic heterocycles. The fraction of sp³-hybridized carbons (Fsp3) is 0.300. The summed E-state index contributed by atoms with van der Waals surface area (Å²) in [5, 5.41) is 3.28. The maximum atomic E-state index is 14.4. The van der Waals surface area contributed by atoms with Gasteiger partial charge in [0.05, 0.1) is 6.20 Å². The first kappa shape index (κ1) is 18.2. The maximum absolute atomic E-state index is 14.4. The quantitative estimate of drug-likeness (QED) is 0.722. The molecule has 28 heavy (non-hydrogen) atoms. The van der Waals surface area contributed by atoms with Gasteiger partial charge in [-0.15, -0.1) is 0 Å². The van der Waals surface area contributed by atoms with E-state index in [1.54, 1.807) is 30.5 Å². The zero-order valence-corrected chi connectivity index (χ0v) is 15.3. The Morgan fingerprint density at radius 1 is 1.14 bits per heavy atom. The Kier molecular flexibility index (Phi) is 5.12. The van der Waals surface area contributed by atoms with Crippen LogP contribution in [0.15, 0.2) is 53.7 Å². The van der Waals surface area contributed by atoms with Gasteiger partial charge in [0.1, 0.15) is 11.5 Å². The number of hydrogen-bond donors (Lipinski definition) is 2. The number of nitrogens with zero attached hydrogens (tertiary/aromatic N) is 4. The van der Waals surface area contributed by atoms with Crippen molar-refractivity contribution in [3.05, 3.63) is 65.1 Å². The Labute approximate surface area is 161 Å². The van der Waals surface area contributed by atoms with Crippen LogP contribution in [0.4, 0.5) is 10.3 Å². The third-order valence-electron chi connectivity index (χ3n) is 4.94. The van der Waals surface area contributed by atoms with Crippen molar-refractivity contribution < 1.29 is 4.39 Å². The third-order valence-corrected chi connectivity index (χ3v) is 4.94. The van der Waals surface area contributed by atoms with Crippen LogP contribution in [0.25, 0.3) is 17.1 Å². The number of nitrogens with two attached hydrogens (primary N) is 1. The summed E-state index contributed by atoms with van der Waals surface area (Å²) in [5.41, 5.74) is 6.42. The average molecular weight is 380 g/mol. The Morgan fingerprint density at radius 2 is 1.96 bits per heavy atom. The second-order valence-electron chi connectivity index (χ2n) is 6.96. The minimum absolute atomic E-state index is 0.164. The van der Waals surface area contributed by atoms with Crippen LogP contribution in [0.5, 0.6) is 0 Å². The van der Waals surface area contributed by atoms with Crippen LogP contribution in [-0.4, -0.2) is 31.6 Å². The number of aromatic nitrogens is 4. The number of hydrogen-bond acceptors (Lipinski definition) is 6. The summed E-state index contributed by atoms with van der Waals surface area (Å²) in [7, 11) is 0. The van der Waals surface area contributed by atoms with Crippen molar-refractivity contribution in [2.45, 2.75) is 37.8 Å². The van der Waals surface area contributed by atoms with Gasteiger partial charge in [0.15, 0.2) is 5.82 Å². The first-order valence-corrected chi connectivity index (χ1v) is 9.29. The van der Waals surface area contributed by atoms with Crippen LogP contribution in [0.2, 0.25) is 0 Å². The Balaban J connectivity index is 1.63. The number of rotatable bonds is 4. The van der Waals surface area contributed by atoms with Crippen LogP contribution in [-0.2, 0) is 0 Å². The second kappa shape index (κ2) is 7.85. The maximum Gasteiger partial charge on any atom is 0.256 e. The van der Waals surface area contributed by atoms with E-state index in [1.807, 2.05) is 0 Å². The highest BCUT2D eigenvalue weighted by atomic mass is 19.1. The van der Waals surface area contributed by atoms with Gasteiger partial charge in [-0.3, -0.25) is 9.36 Å². The molecule has 0 radical (unpaired) electrons. The first-order valence-electron chi connectivity index (χ1n) is 9.29. The minimum atomic E-state index is -0.534. The fourth-order valence-electron chi connectivity index (χ4n) is 3.40. The molecule has 0 atom stereocenters. The van der Waals surface area contributed by atoms with Crippen LogP contribution < -0.4 is 16.6 Å². The predicted octanol–water partition coefficient (Wildman–Crippen LogP) is 2.51. The van der Waals surface area contributed by atoms with Crippen LogP contribution in [0, 0.1) is 5.82 Å². The van der Waals surface area contributed by atoms with E-state index in [2.05, 4.69) is 20.3 Å². The van der Waals surface area contributed by atoms with Gasteiger partial charge >= 0.3 is 0 Å². The number of anilines is 1. The van der Waals surface area contributed by atoms with E-state index in [9.17, 15) is 9.18 Å². The summed E-state index contributed by atoms with van der Waals surface area (Å²) >= 11 is 0. The highest BCUT2D eigenvalue weighted by Crippen LogP contribution is 2.24. The van der Waals surface area contributed by atoms with E-state index in [1.165, 1.54) is 16.8 Å². The van der Waals surface area contributed by atoms with E-state index < -0.39 is 5.82 Å². The molecule has 0 amide bonds. The van der Waals surface area contributed by atoms with Crippen molar-refractivity contribution in [3.8, 4) is 17.1 Å². The Morgan fingerprint density at radius 3 is 2.75 bits per heavy atom. The lowest BCUT2D eigenvalue weighted by Crippen LogP contribution is -2.33. The molecule has 0 saturated heterocycles. The van der Waals surface area contributed by atoms with Crippen LogP contribution in [0.1, 0.15) is 25.7 Å². The highest BCUT2D eigenvalue weighted by molar-refractivity contribution is 5.62. The fourth-order valence-corrected chi connectivity index (χ4v) is 3.40. The second-order valence-corrected chi connectivity index (χ2v) is 6.96. The van der Waals surface area contributed by atoms with E-state index in [0.29, 0.717) is 17.3 Å². The lowest BCUT2D eigenvalue weighted by Gasteiger charge is -2.26. The van der Waals surface area contributed by atoms with E-state index in [-0.39, 0.29) is 23.3 Å². The van der Waals surface area contributed by atoms with Crippen molar-refractivity contribution >= 4 is 5.95 Å². The molecule has 3 aromatic rings. The molecule has 1 aliphatic rings. The summed E-state index contributed by atoms with van der Waals surface area (Å²) < 4.78 is 15.8. The van der Waals surface area contributed by atoms with Gasteiger partial charge in [-0.25, -0.2) is 19.3 Å². The molecule has 0 spiro atoms. The van der Waals surface area contributed by atoms with Crippen molar-refractivity contribution in [3.63, 3.8) is 0 Å². The minimum Gasteiger partial charge on any atom is -0.351 e. The smallest absolute Gasteiger partial charge is 0.256 e. The summed E-state index contributed by atoms with van der Waals surface area (Å²) in [5.74, 6) is 0.248. The van der Waals surface area contributed by atoms with Crippen molar-refractivity contribution in [1.82, 2.24) is 19.5 Å². The average Bonchev–Trinajstić information content (AvgIpc) is 2.71. The zero-order chi connectivity index (χ0) is 19.5. The summed E-state index contributed by atoms with van der Waals surface area (Å²) in [4.78, 5) is 24.7. The van der Waals surface area contributed by atoms with E-state index in [4.69, 9.17) is 5.73 Å². The van der Waals surface area contributed by atoms with Gasteiger partial charge in [0.2, 0.25) is 5.95 Å². The molecule has 0 bridgehead atoms. The summed E-state index contributed by atoms with van der Waals surface area (Å²) in [6.07, 6.45) is 8.08. The molecule has 1 saturated carbocycles. The number of nitrogens with one attached hydrogen (secondary N) is 1. The predicted molar refractivity (Wildman–Crippen MR) is 105 cm³/mol. The van der Waals surface area contributed by atoms with Crippen molar-refractivity contribution in [2.24, 2.45) is 5.73 Å². The molecule has 7 nitrogen and oxygen atoms in total. The Hall–Kier alpha value is -3.13. The molecule has 1 fully saturated rings. The first-order chi connectivity index (χ1) is 13.6. The molecule has 0 aliphatic heterocycles. The summed E-state index contributed by atoms with van der Waals surface area (Å²) in [6, 6.07) is 8.61. The SMILES string of the molecule is N[C@H]1CC[C@H](Nc2ncc(F)c(-c3ccnc(-n4ccccc4=O)c3)n2)CC1.